The van der Waals surface area contributed by atoms with Gasteiger partial charge in [-0.1, -0.05) is 24.3 Å². The van der Waals surface area contributed by atoms with Crippen molar-refractivity contribution >= 4 is 22.5 Å². The van der Waals surface area contributed by atoms with E-state index < -0.39 is 6.17 Å². The van der Waals surface area contributed by atoms with Crippen LogP contribution in [-0.4, -0.2) is 10.9 Å². The van der Waals surface area contributed by atoms with Crippen molar-refractivity contribution < 1.29 is 4.79 Å². The maximum absolute atomic E-state index is 12.6. The molecule has 0 saturated heterocycles. The molecule has 1 aromatic heterocycles. The molecule has 24 heavy (non-hydrogen) atoms. The van der Waals surface area contributed by atoms with Crippen LogP contribution in [0.15, 0.2) is 47.3 Å². The molecule has 5 nitrogen and oxygen atoms in total. The topological polar surface area (TPSA) is 74.0 Å². The number of aromatic amines is 1. The molecular formula is C19H17N3O2. The summed E-state index contributed by atoms with van der Waals surface area (Å²) < 4.78 is 0. The molecule has 0 fully saturated rings. The van der Waals surface area contributed by atoms with E-state index in [1.54, 1.807) is 6.07 Å². The molecule has 3 N–H and O–H groups in total. The Kier molecular flexibility index (Phi) is 3.16. The smallest absolute Gasteiger partial charge is 0.255 e. The van der Waals surface area contributed by atoms with Gasteiger partial charge in [0.2, 0.25) is 0 Å². The molecule has 0 aliphatic carbocycles. The SMILES string of the molecule is Cc1ccc(C)c2[nH]c(=O)c([C@H]3NC(=O)c4ccccc4N3)cc12. The fourth-order valence-electron chi connectivity index (χ4n) is 3.17. The number of benzene rings is 2. The lowest BCUT2D eigenvalue weighted by molar-refractivity contribution is 0.0935. The Morgan fingerprint density at radius 1 is 0.917 bits per heavy atom. The van der Waals surface area contributed by atoms with E-state index in [0.717, 1.165) is 27.7 Å². The van der Waals surface area contributed by atoms with Gasteiger partial charge < -0.3 is 15.6 Å². The van der Waals surface area contributed by atoms with Crippen molar-refractivity contribution in [3.8, 4) is 0 Å². The molecule has 0 radical (unpaired) electrons. The van der Waals surface area contributed by atoms with Crippen LogP contribution in [0.25, 0.3) is 10.9 Å². The normalized spacial score (nSPS) is 16.4. The predicted octanol–water partition coefficient (Wildman–Crippen LogP) is 3.00. The number of anilines is 1. The molecule has 0 unspecified atom stereocenters. The van der Waals surface area contributed by atoms with Crippen molar-refractivity contribution in [2.24, 2.45) is 0 Å². The van der Waals surface area contributed by atoms with E-state index in [-0.39, 0.29) is 11.5 Å². The van der Waals surface area contributed by atoms with Crippen LogP contribution in [0, 0.1) is 13.8 Å². The third kappa shape index (κ3) is 2.17. The lowest BCUT2D eigenvalue weighted by Gasteiger charge is -2.27. The zero-order valence-electron chi connectivity index (χ0n) is 13.4. The second-order valence-electron chi connectivity index (χ2n) is 6.14. The highest BCUT2D eigenvalue weighted by atomic mass is 16.2. The van der Waals surface area contributed by atoms with Crippen LogP contribution < -0.4 is 16.2 Å². The summed E-state index contributed by atoms with van der Waals surface area (Å²) in [7, 11) is 0. The molecule has 0 bridgehead atoms. The number of amides is 1. The maximum atomic E-state index is 12.6. The van der Waals surface area contributed by atoms with Gasteiger partial charge >= 0.3 is 0 Å². The van der Waals surface area contributed by atoms with Crippen molar-refractivity contribution in [2.45, 2.75) is 20.0 Å². The third-order valence-electron chi connectivity index (χ3n) is 4.53. The van der Waals surface area contributed by atoms with E-state index in [4.69, 9.17) is 0 Å². The minimum atomic E-state index is -0.555. The minimum absolute atomic E-state index is 0.185. The predicted molar refractivity (Wildman–Crippen MR) is 94.3 cm³/mol. The summed E-state index contributed by atoms with van der Waals surface area (Å²) in [6, 6.07) is 13.2. The molecule has 1 amide bonds. The van der Waals surface area contributed by atoms with E-state index in [9.17, 15) is 9.59 Å². The van der Waals surface area contributed by atoms with Gasteiger partial charge in [0.1, 0.15) is 6.17 Å². The van der Waals surface area contributed by atoms with Gasteiger partial charge in [-0.25, -0.2) is 0 Å². The highest BCUT2D eigenvalue weighted by Gasteiger charge is 2.26. The molecule has 1 atom stereocenters. The number of aromatic nitrogens is 1. The van der Waals surface area contributed by atoms with Crippen LogP contribution in [0.1, 0.15) is 33.2 Å². The van der Waals surface area contributed by atoms with E-state index in [1.165, 1.54) is 0 Å². The molecule has 3 aromatic rings. The summed E-state index contributed by atoms with van der Waals surface area (Å²) in [6.07, 6.45) is -0.555. The summed E-state index contributed by atoms with van der Waals surface area (Å²) in [6.45, 7) is 3.97. The Morgan fingerprint density at radius 3 is 2.50 bits per heavy atom. The Morgan fingerprint density at radius 2 is 1.67 bits per heavy atom. The van der Waals surface area contributed by atoms with Crippen LogP contribution in [0.2, 0.25) is 0 Å². The van der Waals surface area contributed by atoms with Crippen molar-refractivity contribution in [1.82, 2.24) is 10.3 Å². The van der Waals surface area contributed by atoms with Gasteiger partial charge in [-0.2, -0.15) is 0 Å². The number of carbonyl (C=O) groups is 1. The molecule has 5 heteroatoms. The molecular weight excluding hydrogens is 302 g/mol. The number of para-hydroxylation sites is 1. The van der Waals surface area contributed by atoms with Crippen LogP contribution in [0.3, 0.4) is 0 Å². The standard InChI is InChI=1S/C19H17N3O2/c1-10-7-8-11(2)16-13(10)9-14(19(24)21-16)17-20-15-6-4-3-5-12(15)18(23)22-17/h3-9,17,20H,1-2H3,(H,21,24)(H,22,23)/t17-/m1/s1. The van der Waals surface area contributed by atoms with Crippen molar-refractivity contribution in [3.63, 3.8) is 0 Å². The van der Waals surface area contributed by atoms with Crippen molar-refractivity contribution in [1.29, 1.82) is 0 Å². The summed E-state index contributed by atoms with van der Waals surface area (Å²) in [5, 5.41) is 7.08. The molecule has 0 spiro atoms. The Balaban J connectivity index is 1.86. The maximum Gasteiger partial charge on any atom is 0.255 e. The number of H-pyrrole nitrogens is 1. The summed E-state index contributed by atoms with van der Waals surface area (Å²) in [4.78, 5) is 27.8. The number of pyridine rings is 1. The monoisotopic (exact) mass is 319 g/mol. The first-order valence-electron chi connectivity index (χ1n) is 7.84. The Labute approximate surface area is 138 Å². The van der Waals surface area contributed by atoms with E-state index in [1.807, 2.05) is 50.2 Å². The number of nitrogens with one attached hydrogen (secondary N) is 3. The first-order chi connectivity index (χ1) is 11.5. The molecule has 1 aliphatic rings. The minimum Gasteiger partial charge on any atom is -0.361 e. The molecule has 0 saturated carbocycles. The van der Waals surface area contributed by atoms with Crippen LogP contribution in [0.5, 0.6) is 0 Å². The lowest BCUT2D eigenvalue weighted by atomic mass is 10.0. The van der Waals surface area contributed by atoms with E-state index in [2.05, 4.69) is 15.6 Å². The van der Waals surface area contributed by atoms with E-state index in [0.29, 0.717) is 11.1 Å². The van der Waals surface area contributed by atoms with Gasteiger partial charge in [-0.3, -0.25) is 9.59 Å². The second kappa shape index (κ2) is 5.23. The molecule has 4 rings (SSSR count). The fourth-order valence-corrected chi connectivity index (χ4v) is 3.17. The first kappa shape index (κ1) is 14.5. The summed E-state index contributed by atoms with van der Waals surface area (Å²) in [5.74, 6) is -0.185. The second-order valence-corrected chi connectivity index (χ2v) is 6.14. The van der Waals surface area contributed by atoms with Gasteiger partial charge in [0.05, 0.1) is 16.6 Å². The van der Waals surface area contributed by atoms with Gasteiger partial charge in [0.25, 0.3) is 11.5 Å². The third-order valence-corrected chi connectivity index (χ3v) is 4.53. The van der Waals surface area contributed by atoms with Crippen molar-refractivity contribution in [3.05, 3.63) is 75.1 Å². The van der Waals surface area contributed by atoms with Crippen LogP contribution in [0.4, 0.5) is 5.69 Å². The first-order valence-corrected chi connectivity index (χ1v) is 7.84. The number of fused-ring (bicyclic) bond motifs is 2. The summed E-state index contributed by atoms with van der Waals surface area (Å²) in [5.41, 5.74) is 4.55. The lowest BCUT2D eigenvalue weighted by Crippen LogP contribution is -2.41. The zero-order chi connectivity index (χ0) is 16.8. The van der Waals surface area contributed by atoms with Gasteiger partial charge in [0, 0.05) is 11.1 Å². The van der Waals surface area contributed by atoms with Gasteiger partial charge in [-0.05, 0) is 43.2 Å². The van der Waals surface area contributed by atoms with Gasteiger partial charge in [-0.15, -0.1) is 0 Å². The molecule has 2 aromatic carbocycles. The van der Waals surface area contributed by atoms with E-state index >= 15 is 0 Å². The highest BCUT2D eigenvalue weighted by Crippen LogP contribution is 2.27. The fraction of sp³-hybridized carbons (Fsp3) is 0.158. The molecule has 120 valence electrons. The Hall–Kier alpha value is -3.08. The van der Waals surface area contributed by atoms with Gasteiger partial charge in [0.15, 0.2) is 0 Å². The zero-order valence-corrected chi connectivity index (χ0v) is 13.4. The van der Waals surface area contributed by atoms with Crippen LogP contribution >= 0.6 is 0 Å². The van der Waals surface area contributed by atoms with Crippen molar-refractivity contribution in [2.75, 3.05) is 5.32 Å². The quantitative estimate of drug-likeness (QED) is 0.645. The number of hydrogen-bond acceptors (Lipinski definition) is 3. The highest BCUT2D eigenvalue weighted by molar-refractivity contribution is 6.01. The Bertz CT molecular complexity index is 1040. The number of carbonyl (C=O) groups excluding carboxylic acids is 1. The number of rotatable bonds is 1. The average molecular weight is 319 g/mol. The van der Waals surface area contributed by atoms with Crippen LogP contribution in [-0.2, 0) is 0 Å². The average Bonchev–Trinajstić information content (AvgIpc) is 2.58. The largest absolute Gasteiger partial charge is 0.361 e. The molecule has 1 aliphatic heterocycles. The summed E-state index contributed by atoms with van der Waals surface area (Å²) >= 11 is 0. The number of hydrogen-bond donors (Lipinski definition) is 3. The molecule has 2 heterocycles. The number of aryl methyl sites for hydroxylation is 2.